The van der Waals surface area contributed by atoms with Gasteiger partial charge in [-0.2, -0.15) is 0 Å². The normalized spacial score (nSPS) is 15.7. The van der Waals surface area contributed by atoms with Gasteiger partial charge < -0.3 is 19.3 Å². The number of anilines is 7. The van der Waals surface area contributed by atoms with Gasteiger partial charge in [-0.1, -0.05) is 91.0 Å². The molecular weight excluding hydrogens is 681 g/mol. The summed E-state index contributed by atoms with van der Waals surface area (Å²) in [6.45, 7) is 0. The van der Waals surface area contributed by atoms with E-state index in [1.165, 1.54) is 111 Å². The number of para-hydroxylation sites is 3. The van der Waals surface area contributed by atoms with Gasteiger partial charge in [0, 0.05) is 75.6 Å². The Morgan fingerprint density at radius 1 is 0.446 bits per heavy atom. The SMILES string of the molecule is CN1c2cc(N3c4ccccc4CCc4ccccc43)ccc2-c2cc3c(c4cccc1c24)c1ccc(N2C4=C(C=CCC4)CCc4ccccc42)cc1n3C. The largest absolute Gasteiger partial charge is 0.344 e. The van der Waals surface area contributed by atoms with Crippen molar-refractivity contribution >= 4 is 72.4 Å². The predicted octanol–water partition coefficient (Wildman–Crippen LogP) is 13.5. The van der Waals surface area contributed by atoms with Crippen molar-refractivity contribution in [2.45, 2.75) is 38.5 Å². The molecule has 4 heterocycles. The molecular formula is C52H42N4. The minimum atomic E-state index is 1.04. The fourth-order valence-electron chi connectivity index (χ4n) is 10.5. The molecule has 0 saturated heterocycles. The van der Waals surface area contributed by atoms with Crippen LogP contribution in [-0.2, 0) is 26.3 Å². The zero-order valence-electron chi connectivity index (χ0n) is 31.9. The van der Waals surface area contributed by atoms with Crippen LogP contribution < -0.4 is 14.7 Å². The Hall–Kier alpha value is -6.52. The number of nitrogens with zero attached hydrogens (tertiary/aromatic N) is 4. The lowest BCUT2D eigenvalue weighted by Crippen LogP contribution is -2.19. The van der Waals surface area contributed by atoms with Crippen molar-refractivity contribution in [2.75, 3.05) is 21.7 Å². The lowest BCUT2D eigenvalue weighted by Gasteiger charge is -2.33. The van der Waals surface area contributed by atoms with Gasteiger partial charge in [-0.05, 0) is 126 Å². The summed E-state index contributed by atoms with van der Waals surface area (Å²) in [7, 11) is 4.50. The van der Waals surface area contributed by atoms with Gasteiger partial charge in [-0.15, -0.1) is 0 Å². The van der Waals surface area contributed by atoms with Crippen LogP contribution in [0.2, 0.25) is 0 Å². The lowest BCUT2D eigenvalue weighted by molar-refractivity contribution is 0.873. The van der Waals surface area contributed by atoms with Crippen LogP contribution in [0.25, 0.3) is 43.7 Å². The van der Waals surface area contributed by atoms with E-state index in [1.807, 2.05) is 0 Å². The van der Waals surface area contributed by atoms with Crippen LogP contribution in [-0.4, -0.2) is 11.6 Å². The maximum atomic E-state index is 2.57. The van der Waals surface area contributed by atoms with Gasteiger partial charge in [0.2, 0.25) is 0 Å². The molecule has 3 aliphatic heterocycles. The molecule has 0 N–H and O–H groups in total. The van der Waals surface area contributed by atoms with E-state index in [0.717, 1.165) is 38.5 Å². The van der Waals surface area contributed by atoms with Crippen LogP contribution in [0.5, 0.6) is 0 Å². The third-order valence-electron chi connectivity index (χ3n) is 13.1. The first kappa shape index (κ1) is 31.8. The first-order valence-electron chi connectivity index (χ1n) is 20.2. The molecule has 0 saturated carbocycles. The van der Waals surface area contributed by atoms with E-state index in [4.69, 9.17) is 0 Å². The maximum absolute atomic E-state index is 2.57. The monoisotopic (exact) mass is 722 g/mol. The summed E-state index contributed by atoms with van der Waals surface area (Å²) in [6.07, 6.45) is 11.1. The maximum Gasteiger partial charge on any atom is 0.0510 e. The van der Waals surface area contributed by atoms with E-state index in [9.17, 15) is 0 Å². The molecule has 4 aliphatic rings. The molecule has 0 amide bonds. The third kappa shape index (κ3) is 4.47. The summed E-state index contributed by atoms with van der Waals surface area (Å²) in [6, 6.07) is 50.6. The van der Waals surface area contributed by atoms with Crippen molar-refractivity contribution in [1.29, 1.82) is 0 Å². The van der Waals surface area contributed by atoms with E-state index >= 15 is 0 Å². The molecule has 1 aromatic heterocycles. The summed E-state index contributed by atoms with van der Waals surface area (Å²) < 4.78 is 2.44. The van der Waals surface area contributed by atoms with Gasteiger partial charge in [0.25, 0.3) is 0 Å². The van der Waals surface area contributed by atoms with Crippen LogP contribution in [0.1, 0.15) is 36.0 Å². The highest BCUT2D eigenvalue weighted by Crippen LogP contribution is 2.53. The highest BCUT2D eigenvalue weighted by atomic mass is 15.2. The smallest absolute Gasteiger partial charge is 0.0510 e. The second-order valence-electron chi connectivity index (χ2n) is 16.0. The Labute approximate surface area is 327 Å². The number of fused-ring (bicyclic) bond motifs is 9. The molecule has 0 atom stereocenters. The molecule has 7 aromatic carbocycles. The standard InChI is InChI=1S/C52H42N4/c1-53-47-21-11-16-41-51-40-29-27-38(56-45-19-9-5-14-35(45)24-25-36-15-6-10-20-46(36)56)31-49(40)54(2)50(51)32-42(52(41)47)39-28-26-37(30-48(39)53)55-43-17-7-3-12-33(43)22-23-34-13-4-8-18-44(34)55/h3-9,11-19,21,26-32H,10,20,22-25H2,1-2H3. The Bertz CT molecular complexity index is 2980. The van der Waals surface area contributed by atoms with Crippen molar-refractivity contribution in [3.05, 3.63) is 174 Å². The Kier molecular flexibility index (Phi) is 6.81. The fourth-order valence-corrected chi connectivity index (χ4v) is 10.5. The van der Waals surface area contributed by atoms with Gasteiger partial charge in [-0.3, -0.25) is 0 Å². The number of aryl methyl sites for hydroxylation is 4. The number of rotatable bonds is 2. The zero-order chi connectivity index (χ0) is 37.1. The minimum Gasteiger partial charge on any atom is -0.344 e. The van der Waals surface area contributed by atoms with Crippen molar-refractivity contribution < 1.29 is 0 Å². The van der Waals surface area contributed by atoms with Crippen LogP contribution in [0.15, 0.2) is 157 Å². The first-order chi connectivity index (χ1) is 27.6. The molecule has 4 heteroatoms. The molecule has 1 aliphatic carbocycles. The highest BCUT2D eigenvalue weighted by Gasteiger charge is 2.30. The molecule has 0 fully saturated rings. The van der Waals surface area contributed by atoms with Crippen LogP contribution in [0.3, 0.4) is 0 Å². The Morgan fingerprint density at radius 3 is 1.84 bits per heavy atom. The summed E-state index contributed by atoms with van der Waals surface area (Å²) in [5.41, 5.74) is 21.0. The number of benzene rings is 7. The third-order valence-corrected chi connectivity index (χ3v) is 13.1. The van der Waals surface area contributed by atoms with Gasteiger partial charge in [0.05, 0.1) is 16.7 Å². The van der Waals surface area contributed by atoms with E-state index in [-0.39, 0.29) is 0 Å². The predicted molar refractivity (Wildman–Crippen MR) is 236 cm³/mol. The summed E-state index contributed by atoms with van der Waals surface area (Å²) in [4.78, 5) is 7.47. The number of allylic oxidation sites excluding steroid dienone is 4. The van der Waals surface area contributed by atoms with Gasteiger partial charge in [-0.25, -0.2) is 0 Å². The molecule has 4 nitrogen and oxygen atoms in total. The van der Waals surface area contributed by atoms with Crippen LogP contribution >= 0.6 is 0 Å². The molecule has 0 radical (unpaired) electrons. The van der Waals surface area contributed by atoms with Crippen molar-refractivity contribution in [3.63, 3.8) is 0 Å². The lowest BCUT2D eigenvalue weighted by atomic mass is 9.89. The van der Waals surface area contributed by atoms with Crippen LogP contribution in [0.4, 0.5) is 39.8 Å². The van der Waals surface area contributed by atoms with Crippen molar-refractivity contribution in [1.82, 2.24) is 4.57 Å². The van der Waals surface area contributed by atoms with Crippen LogP contribution in [0, 0.1) is 0 Å². The van der Waals surface area contributed by atoms with Crippen molar-refractivity contribution in [2.24, 2.45) is 7.05 Å². The summed E-state index contributed by atoms with van der Waals surface area (Å²) in [5.74, 6) is 0. The van der Waals surface area contributed by atoms with Crippen molar-refractivity contribution in [3.8, 4) is 11.1 Å². The Morgan fingerprint density at radius 2 is 1.09 bits per heavy atom. The highest BCUT2D eigenvalue weighted by molar-refractivity contribution is 6.28. The average molecular weight is 723 g/mol. The quantitative estimate of drug-likeness (QED) is 0.177. The number of hydrogen-bond donors (Lipinski definition) is 0. The zero-order valence-corrected chi connectivity index (χ0v) is 31.9. The summed E-state index contributed by atoms with van der Waals surface area (Å²) in [5, 5.41) is 5.28. The molecule has 0 unspecified atom stereocenters. The minimum absolute atomic E-state index is 1.04. The second kappa shape index (κ2) is 12.0. The molecule has 8 aromatic rings. The molecule has 56 heavy (non-hydrogen) atoms. The average Bonchev–Trinajstić information content (AvgIpc) is 3.35. The van der Waals surface area contributed by atoms with E-state index < -0.39 is 0 Å². The topological polar surface area (TPSA) is 14.7 Å². The van der Waals surface area contributed by atoms with E-state index in [1.54, 1.807) is 0 Å². The Balaban J connectivity index is 1.05. The molecule has 0 bridgehead atoms. The van der Waals surface area contributed by atoms with Gasteiger partial charge >= 0.3 is 0 Å². The number of hydrogen-bond acceptors (Lipinski definition) is 3. The molecule has 0 spiro atoms. The first-order valence-corrected chi connectivity index (χ1v) is 20.2. The summed E-state index contributed by atoms with van der Waals surface area (Å²) >= 11 is 0. The molecule has 270 valence electrons. The van der Waals surface area contributed by atoms with Gasteiger partial charge in [0.1, 0.15) is 0 Å². The second-order valence-corrected chi connectivity index (χ2v) is 16.0. The molecule has 12 rings (SSSR count). The number of aromatic nitrogens is 1. The van der Waals surface area contributed by atoms with E-state index in [0.29, 0.717) is 0 Å². The van der Waals surface area contributed by atoms with Gasteiger partial charge in [0.15, 0.2) is 0 Å². The fraction of sp³-hybridized carbons (Fsp3) is 0.154. The van der Waals surface area contributed by atoms with E-state index in [2.05, 4.69) is 179 Å².